The summed E-state index contributed by atoms with van der Waals surface area (Å²) in [5, 5.41) is 0.719. The molecule has 0 aliphatic carbocycles. The summed E-state index contributed by atoms with van der Waals surface area (Å²) in [4.78, 5) is 4.44. The summed E-state index contributed by atoms with van der Waals surface area (Å²) in [5.41, 5.74) is 7.97. The minimum atomic E-state index is 0.00380. The molecule has 2 aromatic rings. The fraction of sp³-hybridized carbons (Fsp3) is 0.500. The molecule has 2 rings (SSSR count). The molecule has 0 unspecified atom stereocenters. The maximum absolute atomic E-state index is 6.34. The number of rotatable bonds is 4. The van der Waals surface area contributed by atoms with Gasteiger partial charge in [-0.3, -0.25) is 0 Å². The van der Waals surface area contributed by atoms with E-state index in [0.717, 1.165) is 35.3 Å². The van der Waals surface area contributed by atoms with Crippen LogP contribution >= 0.6 is 11.6 Å². The first-order valence-electron chi connectivity index (χ1n) is 6.52. The van der Waals surface area contributed by atoms with Crippen molar-refractivity contribution in [3.05, 3.63) is 23.2 Å². The van der Waals surface area contributed by atoms with Crippen LogP contribution in [-0.2, 0) is 5.54 Å². The molecular formula is C14H20ClN3. The van der Waals surface area contributed by atoms with E-state index in [1.807, 2.05) is 18.2 Å². The monoisotopic (exact) mass is 265 g/mol. The Morgan fingerprint density at radius 1 is 1.22 bits per heavy atom. The highest BCUT2D eigenvalue weighted by Gasteiger charge is 2.30. The number of aromatic nitrogens is 2. The number of para-hydroxylation sites is 1. The Hall–Kier alpha value is -1.22. The Morgan fingerprint density at radius 3 is 2.39 bits per heavy atom. The van der Waals surface area contributed by atoms with Crippen molar-refractivity contribution in [3.63, 3.8) is 0 Å². The molecule has 0 saturated heterocycles. The first-order chi connectivity index (χ1) is 8.59. The van der Waals surface area contributed by atoms with E-state index < -0.39 is 0 Å². The number of hydrogen-bond donors (Lipinski definition) is 1. The third-order valence-electron chi connectivity index (χ3n) is 4.10. The second-order valence-corrected chi connectivity index (χ2v) is 5.11. The average Bonchev–Trinajstić information content (AvgIpc) is 2.71. The fourth-order valence-corrected chi connectivity index (χ4v) is 3.06. The Kier molecular flexibility index (Phi) is 3.53. The third-order valence-corrected chi connectivity index (χ3v) is 4.41. The molecule has 3 nitrogen and oxygen atoms in total. The van der Waals surface area contributed by atoms with Crippen molar-refractivity contribution < 1.29 is 0 Å². The van der Waals surface area contributed by atoms with Gasteiger partial charge in [0, 0.05) is 5.54 Å². The molecule has 0 atom stereocenters. The molecule has 0 aliphatic rings. The van der Waals surface area contributed by atoms with Crippen LogP contribution < -0.4 is 5.73 Å². The number of anilines is 1. The highest BCUT2D eigenvalue weighted by atomic mass is 35.5. The van der Waals surface area contributed by atoms with E-state index in [9.17, 15) is 0 Å². The van der Waals surface area contributed by atoms with Gasteiger partial charge in [-0.25, -0.2) is 4.98 Å². The number of nitrogen functional groups attached to an aromatic ring is 1. The summed E-state index contributed by atoms with van der Waals surface area (Å²) in [6.07, 6.45) is 3.04. The minimum Gasteiger partial charge on any atom is -0.369 e. The lowest BCUT2D eigenvalue weighted by Gasteiger charge is -2.34. The lowest BCUT2D eigenvalue weighted by Crippen LogP contribution is -2.32. The van der Waals surface area contributed by atoms with E-state index in [-0.39, 0.29) is 5.54 Å². The quantitative estimate of drug-likeness (QED) is 0.900. The van der Waals surface area contributed by atoms with Crippen LogP contribution in [0.25, 0.3) is 11.0 Å². The molecule has 0 amide bonds. The summed E-state index contributed by atoms with van der Waals surface area (Å²) < 4.78 is 2.13. The first kappa shape index (κ1) is 13.2. The van der Waals surface area contributed by atoms with Crippen molar-refractivity contribution in [2.75, 3.05) is 5.73 Å². The number of halogens is 1. The molecule has 0 saturated carbocycles. The molecule has 0 bridgehead atoms. The van der Waals surface area contributed by atoms with Crippen molar-refractivity contribution in [1.82, 2.24) is 9.55 Å². The molecule has 4 heteroatoms. The fourth-order valence-electron chi connectivity index (χ4n) is 2.81. The van der Waals surface area contributed by atoms with E-state index >= 15 is 0 Å². The maximum atomic E-state index is 6.34. The zero-order chi connectivity index (χ0) is 13.3. The normalized spacial score (nSPS) is 12.2. The minimum absolute atomic E-state index is 0.00380. The van der Waals surface area contributed by atoms with Crippen molar-refractivity contribution in [1.29, 1.82) is 0 Å². The largest absolute Gasteiger partial charge is 0.369 e. The number of nitrogens with zero attached hydrogens (tertiary/aromatic N) is 2. The first-order valence-corrected chi connectivity index (χ1v) is 6.90. The third kappa shape index (κ3) is 1.77. The molecule has 0 radical (unpaired) electrons. The Morgan fingerprint density at radius 2 is 1.83 bits per heavy atom. The van der Waals surface area contributed by atoms with Crippen molar-refractivity contribution >= 4 is 28.6 Å². The Bertz CT molecular complexity index is 547. The predicted octanol–water partition coefficient (Wildman–Crippen LogP) is 4.20. The molecule has 1 aromatic carbocycles. The molecule has 2 N–H and O–H groups in total. The molecule has 0 fully saturated rings. The van der Waals surface area contributed by atoms with Gasteiger partial charge in [0.1, 0.15) is 0 Å². The van der Waals surface area contributed by atoms with Gasteiger partial charge < -0.3 is 10.3 Å². The summed E-state index contributed by atoms with van der Waals surface area (Å²) >= 11 is 6.34. The van der Waals surface area contributed by atoms with Crippen molar-refractivity contribution in [2.24, 2.45) is 0 Å². The van der Waals surface area contributed by atoms with Crippen LogP contribution in [0.2, 0.25) is 5.02 Å². The lowest BCUT2D eigenvalue weighted by molar-refractivity contribution is 0.262. The molecule has 1 heterocycles. The van der Waals surface area contributed by atoms with Crippen LogP contribution in [0.4, 0.5) is 5.95 Å². The highest BCUT2D eigenvalue weighted by Crippen LogP contribution is 2.37. The zero-order valence-electron chi connectivity index (χ0n) is 11.2. The van der Waals surface area contributed by atoms with Gasteiger partial charge in [-0.1, -0.05) is 38.4 Å². The second-order valence-electron chi connectivity index (χ2n) is 4.70. The number of hydrogen-bond acceptors (Lipinski definition) is 2. The van der Waals surface area contributed by atoms with Gasteiger partial charge in [0.05, 0.1) is 16.1 Å². The van der Waals surface area contributed by atoms with Gasteiger partial charge in [-0.2, -0.15) is 0 Å². The lowest BCUT2D eigenvalue weighted by atomic mass is 9.89. The van der Waals surface area contributed by atoms with Crippen LogP contribution in [-0.4, -0.2) is 9.55 Å². The standard InChI is InChI=1S/C14H20ClN3/c1-4-14(5-2,6-3)18-12-10(15)8-7-9-11(12)17-13(18)16/h7-9H,4-6H2,1-3H3,(H2,16,17). The van der Waals surface area contributed by atoms with Crippen LogP contribution in [0.5, 0.6) is 0 Å². The molecular weight excluding hydrogens is 246 g/mol. The predicted molar refractivity (Wildman–Crippen MR) is 78.0 cm³/mol. The number of nitrogens with two attached hydrogens (primary N) is 1. The average molecular weight is 266 g/mol. The van der Waals surface area contributed by atoms with Gasteiger partial charge >= 0.3 is 0 Å². The Labute approximate surface area is 113 Å². The summed E-state index contributed by atoms with van der Waals surface area (Å²) in [7, 11) is 0. The smallest absolute Gasteiger partial charge is 0.201 e. The second kappa shape index (κ2) is 4.81. The zero-order valence-corrected chi connectivity index (χ0v) is 12.0. The van der Waals surface area contributed by atoms with Gasteiger partial charge in [-0.05, 0) is 31.4 Å². The summed E-state index contributed by atoms with van der Waals surface area (Å²) in [6, 6.07) is 5.76. The highest BCUT2D eigenvalue weighted by molar-refractivity contribution is 6.35. The van der Waals surface area contributed by atoms with Gasteiger partial charge in [0.25, 0.3) is 0 Å². The summed E-state index contributed by atoms with van der Waals surface area (Å²) in [5.74, 6) is 0.559. The number of imidazole rings is 1. The van der Waals surface area contributed by atoms with Crippen LogP contribution in [0.15, 0.2) is 18.2 Å². The van der Waals surface area contributed by atoms with Crippen LogP contribution in [0, 0.1) is 0 Å². The summed E-state index contributed by atoms with van der Waals surface area (Å²) in [6.45, 7) is 6.57. The Balaban J connectivity index is 2.81. The molecule has 0 aliphatic heterocycles. The van der Waals surface area contributed by atoms with E-state index in [4.69, 9.17) is 17.3 Å². The van der Waals surface area contributed by atoms with Gasteiger partial charge in [-0.15, -0.1) is 0 Å². The number of benzene rings is 1. The van der Waals surface area contributed by atoms with E-state index in [1.165, 1.54) is 0 Å². The van der Waals surface area contributed by atoms with Crippen LogP contribution in [0.1, 0.15) is 40.0 Å². The molecule has 98 valence electrons. The van der Waals surface area contributed by atoms with Crippen LogP contribution in [0.3, 0.4) is 0 Å². The van der Waals surface area contributed by atoms with E-state index in [0.29, 0.717) is 5.95 Å². The van der Waals surface area contributed by atoms with E-state index in [1.54, 1.807) is 0 Å². The molecule has 0 spiro atoms. The topological polar surface area (TPSA) is 43.8 Å². The maximum Gasteiger partial charge on any atom is 0.201 e. The van der Waals surface area contributed by atoms with E-state index in [2.05, 4.69) is 30.3 Å². The SMILES string of the molecule is CCC(CC)(CC)n1c(N)nc2cccc(Cl)c21. The van der Waals surface area contributed by atoms with Crippen molar-refractivity contribution in [3.8, 4) is 0 Å². The molecule has 18 heavy (non-hydrogen) atoms. The number of fused-ring (bicyclic) bond motifs is 1. The van der Waals surface area contributed by atoms with Gasteiger partial charge in [0.2, 0.25) is 5.95 Å². The van der Waals surface area contributed by atoms with Crippen molar-refractivity contribution in [2.45, 2.75) is 45.6 Å². The van der Waals surface area contributed by atoms with Gasteiger partial charge in [0.15, 0.2) is 0 Å². The molecule has 1 aromatic heterocycles.